The van der Waals surface area contributed by atoms with Crippen molar-refractivity contribution in [3.63, 3.8) is 0 Å². The summed E-state index contributed by atoms with van der Waals surface area (Å²) in [5.41, 5.74) is 5.01. The third-order valence-corrected chi connectivity index (χ3v) is 5.95. The van der Waals surface area contributed by atoms with Crippen LogP contribution in [0.3, 0.4) is 0 Å². The van der Waals surface area contributed by atoms with Gasteiger partial charge in [-0.15, -0.1) is 0 Å². The number of hydrogen-bond donors (Lipinski definition) is 2. The number of likely N-dealkylation sites (tertiary alicyclic amines) is 1. The zero-order valence-electron chi connectivity index (χ0n) is 14.5. The molecule has 2 heterocycles. The number of phenols is 1. The molecule has 0 radical (unpaired) electrons. The highest BCUT2D eigenvalue weighted by Crippen LogP contribution is 2.42. The highest BCUT2D eigenvalue weighted by molar-refractivity contribution is 5.97. The molecule has 2 unspecified atom stereocenters. The van der Waals surface area contributed by atoms with Crippen LogP contribution in [0.1, 0.15) is 46.7 Å². The monoisotopic (exact) mass is 347 g/mol. The molecule has 0 spiro atoms. The van der Waals surface area contributed by atoms with Crippen molar-refractivity contribution >= 4 is 16.9 Å². The SMILES string of the molecule is O=C(c1ccc2[nH]cnc2c1)N1CCCC2c3cc(O)ccc3CCC21. The van der Waals surface area contributed by atoms with Crippen molar-refractivity contribution in [2.75, 3.05) is 6.54 Å². The number of piperidine rings is 1. The Morgan fingerprint density at radius 1 is 1.19 bits per heavy atom. The topological polar surface area (TPSA) is 69.2 Å². The number of carbonyl (C=O) groups is 1. The van der Waals surface area contributed by atoms with Gasteiger partial charge in [0.2, 0.25) is 0 Å². The van der Waals surface area contributed by atoms with Crippen LogP contribution >= 0.6 is 0 Å². The van der Waals surface area contributed by atoms with Crippen LogP contribution in [0.2, 0.25) is 0 Å². The van der Waals surface area contributed by atoms with Gasteiger partial charge in [0.25, 0.3) is 5.91 Å². The van der Waals surface area contributed by atoms with Crippen LogP contribution in [0.4, 0.5) is 0 Å². The molecule has 2 aromatic carbocycles. The number of H-pyrrole nitrogens is 1. The Balaban J connectivity index is 1.48. The number of aromatic amines is 1. The van der Waals surface area contributed by atoms with E-state index in [-0.39, 0.29) is 11.9 Å². The number of carbonyl (C=O) groups excluding carboxylic acids is 1. The molecule has 1 fully saturated rings. The van der Waals surface area contributed by atoms with Crippen molar-refractivity contribution in [1.82, 2.24) is 14.9 Å². The van der Waals surface area contributed by atoms with E-state index in [4.69, 9.17) is 0 Å². The summed E-state index contributed by atoms with van der Waals surface area (Å²) in [6.45, 7) is 0.798. The third-order valence-electron chi connectivity index (χ3n) is 5.95. The molecule has 26 heavy (non-hydrogen) atoms. The van der Waals surface area contributed by atoms with Crippen molar-refractivity contribution < 1.29 is 9.90 Å². The standard InChI is InChI=1S/C21H21N3O2/c25-15-6-3-13-5-8-20-16(17(13)11-15)2-1-9-24(20)21(26)14-4-7-18-19(10-14)23-12-22-18/h3-4,6-7,10-12,16,20,25H,1-2,5,8-9H2,(H,22,23). The van der Waals surface area contributed by atoms with Crippen LogP contribution in [-0.4, -0.2) is 38.5 Å². The molecule has 5 rings (SSSR count). The Morgan fingerprint density at radius 3 is 3.04 bits per heavy atom. The fourth-order valence-corrected chi connectivity index (χ4v) is 4.72. The fraction of sp³-hybridized carbons (Fsp3) is 0.333. The number of phenolic OH excluding ortho intramolecular Hbond substituents is 1. The zero-order chi connectivity index (χ0) is 17.7. The number of fused-ring (bicyclic) bond motifs is 4. The predicted molar refractivity (Wildman–Crippen MR) is 99.3 cm³/mol. The second-order valence-corrected chi connectivity index (χ2v) is 7.37. The number of aromatic hydroxyl groups is 1. The Bertz CT molecular complexity index is 994. The van der Waals surface area contributed by atoms with Crippen molar-refractivity contribution in [2.45, 2.75) is 37.6 Å². The minimum atomic E-state index is 0.0909. The van der Waals surface area contributed by atoms with Gasteiger partial charge >= 0.3 is 0 Å². The maximum absolute atomic E-state index is 13.2. The Morgan fingerprint density at radius 2 is 2.12 bits per heavy atom. The summed E-state index contributed by atoms with van der Waals surface area (Å²) in [6, 6.07) is 11.6. The van der Waals surface area contributed by atoms with E-state index in [0.29, 0.717) is 17.2 Å². The zero-order valence-corrected chi connectivity index (χ0v) is 14.5. The van der Waals surface area contributed by atoms with Gasteiger partial charge in [0, 0.05) is 24.1 Å². The summed E-state index contributed by atoms with van der Waals surface area (Å²) >= 11 is 0. The average Bonchev–Trinajstić information content (AvgIpc) is 3.14. The largest absolute Gasteiger partial charge is 0.508 e. The minimum absolute atomic E-state index is 0.0909. The van der Waals surface area contributed by atoms with Gasteiger partial charge in [-0.25, -0.2) is 4.98 Å². The Labute approximate surface area is 151 Å². The third kappa shape index (κ3) is 2.38. The van der Waals surface area contributed by atoms with Gasteiger partial charge in [0.05, 0.1) is 17.4 Å². The minimum Gasteiger partial charge on any atom is -0.508 e. The molecule has 1 aromatic heterocycles. The first-order chi connectivity index (χ1) is 12.7. The van der Waals surface area contributed by atoms with E-state index in [1.54, 1.807) is 12.4 Å². The van der Waals surface area contributed by atoms with Gasteiger partial charge in [0.1, 0.15) is 5.75 Å². The molecule has 5 heteroatoms. The first-order valence-corrected chi connectivity index (χ1v) is 9.26. The molecule has 5 nitrogen and oxygen atoms in total. The van der Waals surface area contributed by atoms with Crippen molar-refractivity contribution in [2.24, 2.45) is 0 Å². The summed E-state index contributed by atoms with van der Waals surface area (Å²) in [4.78, 5) is 22.6. The van der Waals surface area contributed by atoms with E-state index in [9.17, 15) is 9.90 Å². The highest BCUT2D eigenvalue weighted by atomic mass is 16.3. The van der Waals surface area contributed by atoms with Gasteiger partial charge in [-0.3, -0.25) is 4.79 Å². The summed E-state index contributed by atoms with van der Waals surface area (Å²) < 4.78 is 0. The van der Waals surface area contributed by atoms with E-state index in [1.807, 2.05) is 30.3 Å². The number of imidazole rings is 1. The lowest BCUT2D eigenvalue weighted by Gasteiger charge is -2.45. The quantitative estimate of drug-likeness (QED) is 0.707. The van der Waals surface area contributed by atoms with Crippen LogP contribution in [0.5, 0.6) is 5.75 Å². The number of aromatic nitrogens is 2. The van der Waals surface area contributed by atoms with E-state index in [0.717, 1.165) is 43.3 Å². The van der Waals surface area contributed by atoms with E-state index in [2.05, 4.69) is 14.9 Å². The van der Waals surface area contributed by atoms with Gasteiger partial charge in [0.15, 0.2) is 0 Å². The summed E-state index contributed by atoms with van der Waals surface area (Å²) in [7, 11) is 0. The average molecular weight is 347 g/mol. The maximum Gasteiger partial charge on any atom is 0.254 e. The van der Waals surface area contributed by atoms with Gasteiger partial charge in [-0.1, -0.05) is 6.07 Å². The van der Waals surface area contributed by atoms with Gasteiger partial charge in [-0.2, -0.15) is 0 Å². The highest BCUT2D eigenvalue weighted by Gasteiger charge is 2.38. The molecule has 1 amide bonds. The molecule has 2 atom stereocenters. The lowest BCUT2D eigenvalue weighted by atomic mass is 9.74. The van der Waals surface area contributed by atoms with Gasteiger partial charge in [-0.05, 0) is 67.1 Å². The number of hydrogen-bond acceptors (Lipinski definition) is 3. The number of nitrogens with zero attached hydrogens (tertiary/aromatic N) is 2. The van der Waals surface area contributed by atoms with Crippen LogP contribution in [0.25, 0.3) is 11.0 Å². The number of rotatable bonds is 1. The first-order valence-electron chi connectivity index (χ1n) is 9.26. The van der Waals surface area contributed by atoms with Gasteiger partial charge < -0.3 is 15.0 Å². The van der Waals surface area contributed by atoms with Crippen LogP contribution in [0, 0.1) is 0 Å². The van der Waals surface area contributed by atoms with E-state index >= 15 is 0 Å². The lowest BCUT2D eigenvalue weighted by molar-refractivity contribution is 0.0547. The molecular weight excluding hydrogens is 326 g/mol. The second kappa shape index (κ2) is 5.87. The first kappa shape index (κ1) is 15.4. The van der Waals surface area contributed by atoms with Crippen molar-refractivity contribution in [3.8, 4) is 5.75 Å². The Hall–Kier alpha value is -2.82. The summed E-state index contributed by atoms with van der Waals surface area (Å²) in [6.07, 6.45) is 5.66. The Kier molecular flexibility index (Phi) is 3.48. The molecule has 1 saturated heterocycles. The number of aryl methyl sites for hydroxylation is 1. The second-order valence-electron chi connectivity index (χ2n) is 7.37. The molecule has 0 bridgehead atoms. The lowest BCUT2D eigenvalue weighted by Crippen LogP contribution is -2.49. The molecule has 2 N–H and O–H groups in total. The van der Waals surface area contributed by atoms with Crippen LogP contribution in [-0.2, 0) is 6.42 Å². The summed E-state index contributed by atoms with van der Waals surface area (Å²) in [5, 5.41) is 9.92. The fourth-order valence-electron chi connectivity index (χ4n) is 4.72. The normalized spacial score (nSPS) is 22.1. The molecule has 3 aromatic rings. The molecule has 0 saturated carbocycles. The van der Waals surface area contributed by atoms with Crippen LogP contribution in [0.15, 0.2) is 42.7 Å². The summed E-state index contributed by atoms with van der Waals surface area (Å²) in [5.74, 6) is 0.725. The van der Waals surface area contributed by atoms with Crippen LogP contribution < -0.4 is 0 Å². The molecule has 1 aliphatic heterocycles. The maximum atomic E-state index is 13.2. The predicted octanol–water partition coefficient (Wildman–Crippen LogP) is 3.60. The molecule has 1 aliphatic carbocycles. The van der Waals surface area contributed by atoms with E-state index < -0.39 is 0 Å². The van der Waals surface area contributed by atoms with E-state index in [1.165, 1.54) is 11.1 Å². The molecule has 2 aliphatic rings. The smallest absolute Gasteiger partial charge is 0.254 e. The molecule has 132 valence electrons. The number of benzene rings is 2. The molecular formula is C21H21N3O2. The van der Waals surface area contributed by atoms with Crippen molar-refractivity contribution in [3.05, 3.63) is 59.4 Å². The number of nitrogens with one attached hydrogen (secondary N) is 1. The number of amides is 1. The van der Waals surface area contributed by atoms with Crippen molar-refractivity contribution in [1.29, 1.82) is 0 Å².